The number of aryl methyl sites for hydroxylation is 2. The lowest BCUT2D eigenvalue weighted by atomic mass is 9.40. The SMILES string of the molecule is C=C(C)C1=C(C)C[C@@]2(C)C[C@@]3(C)Cc4c(C(C)C)cc(CCc5ccccc5)c(C)c4C(=C)C3=C(C)[C@@]2(C)C1C. The van der Waals surface area contributed by atoms with Crippen molar-refractivity contribution in [1.82, 2.24) is 0 Å². The van der Waals surface area contributed by atoms with E-state index in [-0.39, 0.29) is 16.2 Å². The molecule has 0 aliphatic heterocycles. The molecule has 212 valence electrons. The lowest BCUT2D eigenvalue weighted by Crippen LogP contribution is -2.54. The quantitative estimate of drug-likeness (QED) is 0.359. The summed E-state index contributed by atoms with van der Waals surface area (Å²) >= 11 is 0. The number of allylic oxidation sites excluding steroid dienone is 6. The summed E-state index contributed by atoms with van der Waals surface area (Å²) in [5.74, 6) is 0.940. The molecule has 0 fully saturated rings. The van der Waals surface area contributed by atoms with Crippen molar-refractivity contribution < 1.29 is 0 Å². The van der Waals surface area contributed by atoms with Crippen LogP contribution in [0, 0.1) is 29.1 Å². The van der Waals surface area contributed by atoms with Gasteiger partial charge in [0.15, 0.2) is 0 Å². The second-order valence-electron chi connectivity index (χ2n) is 14.8. The Hall–Kier alpha value is -2.60. The molecule has 0 saturated carbocycles. The molecule has 0 nitrogen and oxygen atoms in total. The van der Waals surface area contributed by atoms with E-state index in [9.17, 15) is 0 Å². The van der Waals surface area contributed by atoms with E-state index in [1.54, 1.807) is 27.8 Å². The van der Waals surface area contributed by atoms with E-state index in [0.717, 1.165) is 25.7 Å². The third-order valence-electron chi connectivity index (χ3n) is 11.8. The highest BCUT2D eigenvalue weighted by molar-refractivity contribution is 5.87. The van der Waals surface area contributed by atoms with Gasteiger partial charge in [0.2, 0.25) is 0 Å². The van der Waals surface area contributed by atoms with Gasteiger partial charge in [-0.05, 0) is 133 Å². The molecular weight excluding hydrogens is 480 g/mol. The van der Waals surface area contributed by atoms with Crippen LogP contribution in [0.3, 0.4) is 0 Å². The molecule has 40 heavy (non-hydrogen) atoms. The van der Waals surface area contributed by atoms with Gasteiger partial charge in [-0.25, -0.2) is 0 Å². The average Bonchev–Trinajstić information content (AvgIpc) is 2.85. The van der Waals surface area contributed by atoms with Crippen molar-refractivity contribution in [3.63, 3.8) is 0 Å². The van der Waals surface area contributed by atoms with Gasteiger partial charge in [0, 0.05) is 5.41 Å². The second kappa shape index (κ2) is 9.75. The first-order valence-corrected chi connectivity index (χ1v) is 15.6. The van der Waals surface area contributed by atoms with Crippen LogP contribution in [0.4, 0.5) is 0 Å². The number of benzene rings is 2. The van der Waals surface area contributed by atoms with Crippen LogP contribution in [0.2, 0.25) is 0 Å². The zero-order chi connectivity index (χ0) is 29.4. The molecule has 5 rings (SSSR count). The number of hydrogen-bond donors (Lipinski definition) is 0. The van der Waals surface area contributed by atoms with Crippen molar-refractivity contribution in [2.24, 2.45) is 22.2 Å². The van der Waals surface area contributed by atoms with Gasteiger partial charge in [0.05, 0.1) is 0 Å². The Labute approximate surface area is 245 Å². The minimum absolute atomic E-state index is 0.0791. The van der Waals surface area contributed by atoms with Gasteiger partial charge < -0.3 is 0 Å². The van der Waals surface area contributed by atoms with Gasteiger partial charge in [-0.2, -0.15) is 0 Å². The van der Waals surface area contributed by atoms with Crippen LogP contribution < -0.4 is 0 Å². The molecule has 2 aromatic rings. The van der Waals surface area contributed by atoms with Crippen LogP contribution in [-0.4, -0.2) is 0 Å². The molecule has 0 radical (unpaired) electrons. The van der Waals surface area contributed by atoms with E-state index in [2.05, 4.69) is 112 Å². The highest BCUT2D eigenvalue weighted by Crippen LogP contribution is 2.70. The van der Waals surface area contributed by atoms with Crippen LogP contribution >= 0.6 is 0 Å². The van der Waals surface area contributed by atoms with Crippen molar-refractivity contribution in [2.45, 2.75) is 107 Å². The summed E-state index contributed by atoms with van der Waals surface area (Å²) in [5, 5.41) is 0. The zero-order valence-corrected chi connectivity index (χ0v) is 27.1. The monoisotopic (exact) mass is 532 g/mol. The molecule has 1 unspecified atom stereocenters. The minimum atomic E-state index is 0.0791. The van der Waals surface area contributed by atoms with Crippen LogP contribution in [0.15, 0.2) is 77.4 Å². The van der Waals surface area contributed by atoms with Gasteiger partial charge in [0.1, 0.15) is 0 Å². The summed E-state index contributed by atoms with van der Waals surface area (Å²) in [6.45, 7) is 33.8. The predicted molar refractivity (Wildman–Crippen MR) is 175 cm³/mol. The smallest absolute Gasteiger partial charge is 0.00103 e. The van der Waals surface area contributed by atoms with Crippen LogP contribution in [-0.2, 0) is 19.3 Å². The first-order chi connectivity index (χ1) is 18.7. The highest BCUT2D eigenvalue weighted by atomic mass is 14.6. The Balaban J connectivity index is 1.69. The summed E-state index contributed by atoms with van der Waals surface area (Å²) in [7, 11) is 0. The first-order valence-electron chi connectivity index (χ1n) is 15.6. The topological polar surface area (TPSA) is 0 Å². The van der Waals surface area contributed by atoms with Crippen molar-refractivity contribution in [3.05, 3.63) is 111 Å². The molecule has 0 aromatic heterocycles. The fourth-order valence-corrected chi connectivity index (χ4v) is 9.93. The lowest BCUT2D eigenvalue weighted by Gasteiger charge is -2.64. The number of rotatable bonds is 5. The summed E-state index contributed by atoms with van der Waals surface area (Å²) < 4.78 is 0. The Morgan fingerprint density at radius 3 is 2.25 bits per heavy atom. The second-order valence-corrected chi connectivity index (χ2v) is 14.8. The summed E-state index contributed by atoms with van der Waals surface area (Å²) in [6.07, 6.45) is 5.64. The van der Waals surface area contributed by atoms with Gasteiger partial charge in [0.25, 0.3) is 0 Å². The van der Waals surface area contributed by atoms with Gasteiger partial charge >= 0.3 is 0 Å². The van der Waals surface area contributed by atoms with Crippen LogP contribution in [0.25, 0.3) is 5.57 Å². The Morgan fingerprint density at radius 2 is 1.65 bits per heavy atom. The van der Waals surface area contributed by atoms with E-state index < -0.39 is 0 Å². The van der Waals surface area contributed by atoms with E-state index >= 15 is 0 Å². The normalized spacial score (nSPS) is 29.9. The molecule has 2 aromatic carbocycles. The summed E-state index contributed by atoms with van der Waals surface area (Å²) in [6, 6.07) is 13.5. The van der Waals surface area contributed by atoms with Gasteiger partial charge in [-0.15, -0.1) is 0 Å². The van der Waals surface area contributed by atoms with E-state index in [0.29, 0.717) is 11.8 Å². The lowest BCUT2D eigenvalue weighted by molar-refractivity contribution is -0.00617. The van der Waals surface area contributed by atoms with E-state index in [1.807, 2.05) is 0 Å². The summed E-state index contributed by atoms with van der Waals surface area (Å²) in [5.41, 5.74) is 18.1. The van der Waals surface area contributed by atoms with Crippen LogP contribution in [0.5, 0.6) is 0 Å². The molecule has 0 spiro atoms. The van der Waals surface area contributed by atoms with Crippen LogP contribution in [0.1, 0.15) is 114 Å². The molecule has 0 amide bonds. The summed E-state index contributed by atoms with van der Waals surface area (Å²) in [4.78, 5) is 0. The fraction of sp³-hybridized carbons (Fsp3) is 0.500. The standard InChI is InChI=1S/C40H52/c1-24(2)33-20-32(19-18-31-16-14-13-15-17-31)27(6)36-28(7)37-30(9)40(12)29(8)35(25(3)4)26(5)21-39(40,11)23-38(37,10)22-34(33)36/h13-17,20,24,29H,3,7,18-19,21-23H2,1-2,4-6,8-12H3/t29?,38-,39+,40-/m1/s1. The average molecular weight is 533 g/mol. The molecular formula is C40H52. The number of hydrogen-bond acceptors (Lipinski definition) is 0. The van der Waals surface area contributed by atoms with E-state index in [4.69, 9.17) is 6.58 Å². The maximum absolute atomic E-state index is 4.95. The molecule has 0 N–H and O–H groups in total. The molecule has 0 heteroatoms. The Bertz CT molecular complexity index is 1460. The predicted octanol–water partition coefficient (Wildman–Crippen LogP) is 11.1. The molecule has 3 aliphatic rings. The first kappa shape index (κ1) is 28.9. The third kappa shape index (κ3) is 4.07. The zero-order valence-electron chi connectivity index (χ0n) is 27.1. The Morgan fingerprint density at radius 1 is 1.00 bits per heavy atom. The molecule has 3 aliphatic carbocycles. The largest absolute Gasteiger partial charge is 0.0958 e. The van der Waals surface area contributed by atoms with Crippen molar-refractivity contribution in [1.29, 1.82) is 0 Å². The molecule has 0 bridgehead atoms. The third-order valence-corrected chi connectivity index (χ3v) is 11.8. The highest BCUT2D eigenvalue weighted by Gasteiger charge is 2.60. The Kier molecular flexibility index (Phi) is 7.05. The fourth-order valence-electron chi connectivity index (χ4n) is 9.93. The van der Waals surface area contributed by atoms with Gasteiger partial charge in [-0.3, -0.25) is 0 Å². The molecule has 0 heterocycles. The van der Waals surface area contributed by atoms with Crippen molar-refractivity contribution in [2.75, 3.05) is 0 Å². The van der Waals surface area contributed by atoms with E-state index in [1.165, 1.54) is 45.4 Å². The molecule has 4 atom stereocenters. The number of fused-ring (bicyclic) bond motifs is 3. The minimum Gasteiger partial charge on any atom is -0.0958 e. The maximum Gasteiger partial charge on any atom is 0.00103 e. The van der Waals surface area contributed by atoms with Crippen molar-refractivity contribution >= 4 is 5.57 Å². The maximum atomic E-state index is 4.95. The molecule has 0 saturated heterocycles. The van der Waals surface area contributed by atoms with Gasteiger partial charge in [-0.1, -0.05) is 108 Å². The van der Waals surface area contributed by atoms with Crippen molar-refractivity contribution in [3.8, 4) is 0 Å².